The van der Waals surface area contributed by atoms with Gasteiger partial charge in [0.25, 0.3) is 6.20 Å². The summed E-state index contributed by atoms with van der Waals surface area (Å²) in [6, 6.07) is 0. The zero-order valence-corrected chi connectivity index (χ0v) is 10.3. The van der Waals surface area contributed by atoms with E-state index >= 15 is 0 Å². The van der Waals surface area contributed by atoms with Gasteiger partial charge in [0.1, 0.15) is 0 Å². The Labute approximate surface area is 101 Å². The van der Waals surface area contributed by atoms with Crippen molar-refractivity contribution >= 4 is 5.88 Å². The van der Waals surface area contributed by atoms with Gasteiger partial charge in [0.05, 0.1) is 0 Å². The average Bonchev–Trinajstić information content (AvgIpc) is 2.76. The molecule has 6 nitrogen and oxygen atoms in total. The fourth-order valence-corrected chi connectivity index (χ4v) is 1.69. The Kier molecular flexibility index (Phi) is 6.93. The molecule has 0 aliphatic rings. The van der Waals surface area contributed by atoms with Gasteiger partial charge in [-0.05, 0) is 6.42 Å². The first kappa shape index (κ1) is 13.6. The lowest BCUT2D eigenvalue weighted by Crippen LogP contribution is -2.34. The lowest BCUT2D eigenvalue weighted by atomic mass is 10.1. The highest BCUT2D eigenvalue weighted by atomic mass is 16.5. The van der Waals surface area contributed by atoms with Gasteiger partial charge in [0.15, 0.2) is 6.54 Å². The van der Waals surface area contributed by atoms with E-state index in [9.17, 15) is 5.21 Å². The third-order valence-electron chi connectivity index (χ3n) is 2.63. The van der Waals surface area contributed by atoms with Gasteiger partial charge in [0, 0.05) is 6.42 Å². The lowest BCUT2D eigenvalue weighted by molar-refractivity contribution is -0.762. The van der Waals surface area contributed by atoms with Crippen molar-refractivity contribution in [3.05, 3.63) is 11.4 Å². The van der Waals surface area contributed by atoms with E-state index in [4.69, 9.17) is 4.52 Å². The average molecular weight is 240 g/mol. The Morgan fingerprint density at radius 2 is 1.94 bits per heavy atom. The summed E-state index contributed by atoms with van der Waals surface area (Å²) in [4.78, 5) is 0. The zero-order chi connectivity index (χ0) is 12.3. The quantitative estimate of drug-likeness (QED) is 0.287. The minimum absolute atomic E-state index is 0.156. The number of aromatic nitrogens is 2. The van der Waals surface area contributed by atoms with Crippen molar-refractivity contribution in [1.29, 1.82) is 0 Å². The summed E-state index contributed by atoms with van der Waals surface area (Å²) in [6.45, 7) is 3.02. The number of hydrogen-bond acceptors (Lipinski definition) is 5. The van der Waals surface area contributed by atoms with Crippen LogP contribution >= 0.6 is 0 Å². The smallest absolute Gasteiger partial charge is 0.339 e. The summed E-state index contributed by atoms with van der Waals surface area (Å²) in [5.41, 5.74) is 0. The Bertz CT molecular complexity index is 325. The van der Waals surface area contributed by atoms with Crippen molar-refractivity contribution in [3.63, 3.8) is 0 Å². The summed E-state index contributed by atoms with van der Waals surface area (Å²) in [7, 11) is 0. The van der Waals surface area contributed by atoms with E-state index in [2.05, 4.69) is 22.6 Å². The maximum atomic E-state index is 9.86. The number of hydrogen-bond donors (Lipinski definition) is 0. The first-order valence-electron chi connectivity index (χ1n) is 6.26. The van der Waals surface area contributed by atoms with Crippen molar-refractivity contribution < 1.29 is 9.20 Å². The minimum Gasteiger partial charge on any atom is -0.775 e. The molecule has 0 aliphatic heterocycles. The van der Waals surface area contributed by atoms with Crippen LogP contribution in [0.25, 0.3) is 0 Å². The summed E-state index contributed by atoms with van der Waals surface area (Å²) in [5.74, 6) is 0.156. The Hall–Kier alpha value is -1.46. The summed E-state index contributed by atoms with van der Waals surface area (Å²) >= 11 is 0. The monoisotopic (exact) mass is 240 g/mol. The van der Waals surface area contributed by atoms with Crippen LogP contribution in [0.3, 0.4) is 0 Å². The van der Waals surface area contributed by atoms with E-state index in [0.717, 1.165) is 13.0 Å². The predicted molar refractivity (Wildman–Crippen MR) is 62.6 cm³/mol. The van der Waals surface area contributed by atoms with Crippen LogP contribution in [0.4, 0.5) is 5.88 Å². The highest BCUT2D eigenvalue weighted by molar-refractivity contribution is 5.09. The van der Waals surface area contributed by atoms with Gasteiger partial charge in [-0.1, -0.05) is 43.7 Å². The molecule has 1 rings (SSSR count). The molecule has 96 valence electrons. The van der Waals surface area contributed by atoms with Crippen molar-refractivity contribution in [2.24, 2.45) is 10.4 Å². The Morgan fingerprint density at radius 1 is 1.24 bits per heavy atom. The van der Waals surface area contributed by atoms with E-state index in [0.29, 0.717) is 0 Å². The van der Waals surface area contributed by atoms with Crippen molar-refractivity contribution in [1.82, 2.24) is 5.27 Å². The molecule has 0 unspecified atom stereocenters. The third kappa shape index (κ3) is 5.99. The van der Waals surface area contributed by atoms with E-state index in [1.807, 2.05) is 0 Å². The van der Waals surface area contributed by atoms with Crippen LogP contribution in [0, 0.1) is 5.21 Å². The number of nitrogens with zero attached hydrogens (tertiary/aromatic N) is 4. The van der Waals surface area contributed by atoms with Gasteiger partial charge in [-0.2, -0.15) is 0 Å². The van der Waals surface area contributed by atoms with Crippen molar-refractivity contribution in [3.8, 4) is 0 Å². The Balaban J connectivity index is 2.05. The molecular formula is C11H20N4O2. The summed E-state index contributed by atoms with van der Waals surface area (Å²) in [5, 5.41) is 19.2. The first-order chi connectivity index (χ1) is 8.36. The second-order valence-corrected chi connectivity index (χ2v) is 4.11. The second-order valence-electron chi connectivity index (χ2n) is 4.11. The number of aryl methyl sites for hydroxylation is 1. The molecule has 1 aromatic rings. The van der Waals surface area contributed by atoms with Crippen LogP contribution < -0.4 is 4.68 Å². The second kappa shape index (κ2) is 8.66. The highest BCUT2D eigenvalue weighted by Gasteiger charge is 2.09. The molecule has 6 heteroatoms. The van der Waals surface area contributed by atoms with E-state index in [1.54, 1.807) is 10.9 Å². The fourth-order valence-electron chi connectivity index (χ4n) is 1.69. The molecule has 0 atom stereocenters. The van der Waals surface area contributed by atoms with Gasteiger partial charge in [-0.3, -0.25) is 4.52 Å². The van der Waals surface area contributed by atoms with Crippen LogP contribution in [0.2, 0.25) is 0 Å². The summed E-state index contributed by atoms with van der Waals surface area (Å²) in [6.07, 6.45) is 10.4. The topological polar surface area (TPSA) is 77.7 Å². The molecule has 1 heterocycles. The molecule has 17 heavy (non-hydrogen) atoms. The van der Waals surface area contributed by atoms with Gasteiger partial charge >= 0.3 is 5.88 Å². The van der Waals surface area contributed by atoms with Gasteiger partial charge in [-0.25, -0.2) is 5.28 Å². The molecule has 0 aliphatic carbocycles. The number of rotatable bonds is 9. The third-order valence-corrected chi connectivity index (χ3v) is 2.63. The molecule has 0 bridgehead atoms. The van der Waals surface area contributed by atoms with Crippen molar-refractivity contribution in [2.45, 2.75) is 58.4 Å². The first-order valence-corrected chi connectivity index (χ1v) is 6.26. The zero-order valence-electron chi connectivity index (χ0n) is 10.3. The molecule has 0 saturated carbocycles. The SMILES string of the molecule is CCCCCCCCC[n+]1cc(/N=N/[O-])on1. The maximum absolute atomic E-state index is 9.86. The molecule has 0 aromatic carbocycles. The predicted octanol–water partition coefficient (Wildman–Crippen LogP) is 3.29. The van der Waals surface area contributed by atoms with Crippen LogP contribution in [-0.2, 0) is 6.54 Å². The van der Waals surface area contributed by atoms with Gasteiger partial charge in [0.2, 0.25) is 5.27 Å². The van der Waals surface area contributed by atoms with E-state index in [-0.39, 0.29) is 5.88 Å². The molecular weight excluding hydrogens is 220 g/mol. The van der Waals surface area contributed by atoms with Gasteiger partial charge < -0.3 is 5.21 Å². The standard InChI is InChI=1S/C11H20N4O2/c1-2-3-4-5-6-7-8-9-15-10-11(12-13-16)17-14-15/h10H,2-9H2,1H3. The number of unbranched alkanes of at least 4 members (excludes halogenated alkanes) is 6. The van der Waals surface area contributed by atoms with Crippen molar-refractivity contribution in [2.75, 3.05) is 0 Å². The van der Waals surface area contributed by atoms with Crippen LogP contribution in [-0.4, -0.2) is 5.27 Å². The summed E-state index contributed by atoms with van der Waals surface area (Å²) < 4.78 is 6.42. The van der Waals surface area contributed by atoms with Crippen LogP contribution in [0.5, 0.6) is 0 Å². The maximum Gasteiger partial charge on any atom is 0.339 e. The largest absolute Gasteiger partial charge is 0.775 e. The minimum atomic E-state index is 0.156. The van der Waals surface area contributed by atoms with Crippen LogP contribution in [0.15, 0.2) is 21.1 Å². The molecule has 0 amide bonds. The Morgan fingerprint density at radius 3 is 2.65 bits per heavy atom. The molecule has 0 radical (unpaired) electrons. The molecule has 0 saturated heterocycles. The van der Waals surface area contributed by atoms with E-state index < -0.39 is 0 Å². The lowest BCUT2D eigenvalue weighted by Gasteiger charge is -1.97. The van der Waals surface area contributed by atoms with Crippen LogP contribution in [0.1, 0.15) is 51.9 Å². The van der Waals surface area contributed by atoms with Gasteiger partial charge in [-0.15, -0.1) is 5.11 Å². The molecule has 0 N–H and O–H groups in total. The molecule has 0 fully saturated rings. The highest BCUT2D eigenvalue weighted by Crippen LogP contribution is 2.08. The van der Waals surface area contributed by atoms with E-state index in [1.165, 1.54) is 38.5 Å². The molecule has 0 spiro atoms. The normalized spacial score (nSPS) is 11.4. The molecule has 1 aromatic heterocycles. The fraction of sp³-hybridized carbons (Fsp3) is 0.818.